The van der Waals surface area contributed by atoms with Gasteiger partial charge in [0.15, 0.2) is 0 Å². The Morgan fingerprint density at radius 3 is 2.52 bits per heavy atom. The van der Waals surface area contributed by atoms with E-state index in [0.29, 0.717) is 11.7 Å². The van der Waals surface area contributed by atoms with Crippen LogP contribution in [0.2, 0.25) is 0 Å². The van der Waals surface area contributed by atoms with Gasteiger partial charge in [-0.1, -0.05) is 29.4 Å². The fraction of sp³-hybridized carbons (Fsp3) is 0.560. The Bertz CT molecular complexity index is 739. The molecule has 1 aliphatic rings. The third-order valence-corrected chi connectivity index (χ3v) is 5.80. The molecule has 0 bridgehead atoms. The summed E-state index contributed by atoms with van der Waals surface area (Å²) >= 11 is 0. The molecule has 0 aromatic carbocycles. The van der Waals surface area contributed by atoms with E-state index in [-0.39, 0.29) is 5.60 Å². The average Bonchev–Trinajstić information content (AvgIpc) is 3.04. The number of aliphatic carboxylic acids is 1. The summed E-state index contributed by atoms with van der Waals surface area (Å²) in [5.41, 5.74) is 4.46. The largest absolute Gasteiger partial charge is 0.478 e. The van der Waals surface area contributed by atoms with E-state index in [9.17, 15) is 4.79 Å². The summed E-state index contributed by atoms with van der Waals surface area (Å²) in [5.74, 6) is -0.841. The Balaban J connectivity index is 1.60. The number of carbonyl (C=O) groups is 1. The molecule has 4 heteroatoms. The summed E-state index contributed by atoms with van der Waals surface area (Å²) in [7, 11) is 0. The van der Waals surface area contributed by atoms with E-state index >= 15 is 0 Å². The summed E-state index contributed by atoms with van der Waals surface area (Å²) in [4.78, 5) is 10.8. The summed E-state index contributed by atoms with van der Waals surface area (Å²) in [6, 6.07) is 2.03. The van der Waals surface area contributed by atoms with Gasteiger partial charge in [-0.15, -0.1) is 0 Å². The smallest absolute Gasteiger partial charge is 0.330 e. The quantitative estimate of drug-likeness (QED) is 0.229. The summed E-state index contributed by atoms with van der Waals surface area (Å²) < 4.78 is 11.0. The number of epoxide rings is 1. The number of carboxylic acid groups (broad SMARTS) is 1. The van der Waals surface area contributed by atoms with Gasteiger partial charge in [-0.3, -0.25) is 0 Å². The number of ether oxygens (including phenoxy) is 1. The molecule has 0 radical (unpaired) electrons. The molecule has 1 aliphatic heterocycles. The molecule has 1 aromatic rings. The van der Waals surface area contributed by atoms with Crippen molar-refractivity contribution in [3.05, 3.63) is 59.1 Å². The monoisotopic (exact) mass is 400 g/mol. The first-order chi connectivity index (χ1) is 13.8. The first-order valence-electron chi connectivity index (χ1n) is 10.7. The van der Waals surface area contributed by atoms with Crippen LogP contribution in [0.25, 0.3) is 0 Å². The van der Waals surface area contributed by atoms with Crippen LogP contribution in [0.15, 0.2) is 58.0 Å². The number of furan rings is 1. The zero-order valence-electron chi connectivity index (χ0n) is 18.4. The van der Waals surface area contributed by atoms with Crippen LogP contribution < -0.4 is 0 Å². The Hall–Kier alpha value is -2.07. The zero-order valence-corrected chi connectivity index (χ0v) is 18.4. The number of rotatable bonds is 13. The van der Waals surface area contributed by atoms with E-state index in [1.54, 1.807) is 19.3 Å². The van der Waals surface area contributed by atoms with E-state index in [1.165, 1.54) is 16.7 Å². The second-order valence-corrected chi connectivity index (χ2v) is 8.50. The van der Waals surface area contributed by atoms with Gasteiger partial charge in [0, 0.05) is 5.57 Å². The van der Waals surface area contributed by atoms with Crippen LogP contribution in [-0.4, -0.2) is 22.8 Å². The van der Waals surface area contributed by atoms with E-state index in [1.807, 2.05) is 12.3 Å². The number of hydrogen-bond donors (Lipinski definition) is 1. The molecule has 1 N–H and O–H groups in total. The van der Waals surface area contributed by atoms with Gasteiger partial charge >= 0.3 is 5.97 Å². The minimum atomic E-state index is -0.841. The molecule has 0 amide bonds. The fourth-order valence-corrected chi connectivity index (χ4v) is 3.57. The van der Waals surface area contributed by atoms with Crippen LogP contribution in [0.3, 0.4) is 0 Å². The second kappa shape index (κ2) is 11.2. The maximum atomic E-state index is 10.8. The van der Waals surface area contributed by atoms with Gasteiger partial charge in [-0.2, -0.15) is 0 Å². The number of carboxylic acids is 1. The van der Waals surface area contributed by atoms with Crippen LogP contribution in [-0.2, 0) is 16.0 Å². The van der Waals surface area contributed by atoms with Crippen molar-refractivity contribution in [1.82, 2.24) is 0 Å². The van der Waals surface area contributed by atoms with Crippen molar-refractivity contribution in [1.29, 1.82) is 0 Å². The Morgan fingerprint density at radius 2 is 1.83 bits per heavy atom. The molecule has 4 nitrogen and oxygen atoms in total. The highest BCUT2D eigenvalue weighted by molar-refractivity contribution is 5.85. The SMILES string of the molecule is CC(=CCCc1ccoc1)CCC=C(C)CC[C@@H]1O[C@@]1(C)CCC=C(C)C(=O)O. The predicted octanol–water partition coefficient (Wildman–Crippen LogP) is 6.63. The van der Waals surface area contributed by atoms with Crippen molar-refractivity contribution in [2.75, 3.05) is 0 Å². The van der Waals surface area contributed by atoms with E-state index in [2.05, 4.69) is 32.9 Å². The standard InChI is InChI=1S/C25H36O4/c1-19(10-6-12-22-15-17-28-18-22)8-5-9-20(2)13-14-23-25(4,29-23)16-7-11-21(3)24(26)27/h9-11,15,17-18,23H,5-8,12-14,16H2,1-4H3,(H,26,27)/t23-,25-/m0/s1. The molecule has 0 aliphatic carbocycles. The topological polar surface area (TPSA) is 63.0 Å². The lowest BCUT2D eigenvalue weighted by Crippen LogP contribution is -2.09. The van der Waals surface area contributed by atoms with Gasteiger partial charge in [0.05, 0.1) is 24.2 Å². The maximum Gasteiger partial charge on any atom is 0.330 e. The first-order valence-corrected chi connectivity index (χ1v) is 10.7. The number of allylic oxidation sites excluding steroid dienone is 5. The molecular formula is C25H36O4. The molecule has 0 saturated carbocycles. The summed E-state index contributed by atoms with van der Waals surface area (Å²) in [5, 5.41) is 8.90. The molecule has 2 atom stereocenters. The minimum Gasteiger partial charge on any atom is -0.478 e. The molecule has 1 aromatic heterocycles. The summed E-state index contributed by atoms with van der Waals surface area (Å²) in [6.45, 7) is 8.19. The van der Waals surface area contributed by atoms with Crippen LogP contribution in [0.4, 0.5) is 0 Å². The van der Waals surface area contributed by atoms with E-state index in [0.717, 1.165) is 51.4 Å². The zero-order chi connectivity index (χ0) is 21.3. The first kappa shape index (κ1) is 23.2. The van der Waals surface area contributed by atoms with Crippen LogP contribution >= 0.6 is 0 Å². The molecular weight excluding hydrogens is 364 g/mol. The highest BCUT2D eigenvalue weighted by atomic mass is 16.6. The molecule has 29 heavy (non-hydrogen) atoms. The van der Waals surface area contributed by atoms with Crippen molar-refractivity contribution in [2.45, 2.75) is 90.8 Å². The third kappa shape index (κ3) is 8.45. The van der Waals surface area contributed by atoms with Crippen LogP contribution in [0.5, 0.6) is 0 Å². The predicted molar refractivity (Wildman–Crippen MR) is 117 cm³/mol. The number of aryl methyl sites for hydroxylation is 1. The Labute approximate surface area is 175 Å². The van der Waals surface area contributed by atoms with Crippen molar-refractivity contribution in [2.24, 2.45) is 0 Å². The van der Waals surface area contributed by atoms with Crippen molar-refractivity contribution >= 4 is 5.97 Å². The molecule has 2 heterocycles. The van der Waals surface area contributed by atoms with Crippen molar-refractivity contribution in [3.8, 4) is 0 Å². The minimum absolute atomic E-state index is 0.0795. The highest BCUT2D eigenvalue weighted by Crippen LogP contribution is 2.43. The maximum absolute atomic E-state index is 10.8. The normalized spacial score (nSPS) is 22.8. The molecule has 1 saturated heterocycles. The average molecular weight is 401 g/mol. The Morgan fingerprint density at radius 1 is 1.10 bits per heavy atom. The van der Waals surface area contributed by atoms with Gasteiger partial charge in [0.25, 0.3) is 0 Å². The molecule has 0 unspecified atom stereocenters. The van der Waals surface area contributed by atoms with Crippen molar-refractivity contribution in [3.63, 3.8) is 0 Å². The lowest BCUT2D eigenvalue weighted by atomic mass is 9.96. The lowest BCUT2D eigenvalue weighted by molar-refractivity contribution is -0.132. The summed E-state index contributed by atoms with van der Waals surface area (Å²) in [6.07, 6.45) is 18.4. The van der Waals surface area contributed by atoms with Gasteiger partial charge in [-0.25, -0.2) is 4.79 Å². The fourth-order valence-electron chi connectivity index (χ4n) is 3.57. The molecule has 2 rings (SSSR count). The third-order valence-electron chi connectivity index (χ3n) is 5.80. The van der Waals surface area contributed by atoms with Gasteiger partial charge in [0.1, 0.15) is 0 Å². The molecule has 0 spiro atoms. The molecule has 1 fully saturated rings. The lowest BCUT2D eigenvalue weighted by Gasteiger charge is -2.05. The number of hydrogen-bond acceptors (Lipinski definition) is 3. The van der Waals surface area contributed by atoms with Crippen LogP contribution in [0, 0.1) is 0 Å². The van der Waals surface area contributed by atoms with Gasteiger partial charge in [0.2, 0.25) is 0 Å². The second-order valence-electron chi connectivity index (χ2n) is 8.50. The van der Waals surface area contributed by atoms with Gasteiger partial charge in [-0.05, 0) is 90.7 Å². The van der Waals surface area contributed by atoms with E-state index in [4.69, 9.17) is 14.3 Å². The van der Waals surface area contributed by atoms with E-state index < -0.39 is 5.97 Å². The van der Waals surface area contributed by atoms with Crippen LogP contribution in [0.1, 0.15) is 78.2 Å². The Kier molecular flexibility index (Phi) is 8.97. The highest BCUT2D eigenvalue weighted by Gasteiger charge is 2.50. The molecule has 160 valence electrons. The van der Waals surface area contributed by atoms with Gasteiger partial charge < -0.3 is 14.3 Å². The van der Waals surface area contributed by atoms with Crippen molar-refractivity contribution < 1.29 is 19.1 Å².